The van der Waals surface area contributed by atoms with Gasteiger partial charge in [-0.2, -0.15) is 0 Å². The molecule has 0 saturated heterocycles. The zero-order valence-electron chi connectivity index (χ0n) is 14.2. The van der Waals surface area contributed by atoms with Crippen molar-refractivity contribution in [3.63, 3.8) is 0 Å². The standard InChI is InChI=1S/C19H22ClN3O2/c1-2-25-18(24)15-11-7-9-12(10-8-11)16(15)22-17-13-5-3-4-6-14(13)21-19(20)23-17/h3-6,11-12,15-16H,2,7-10H2,1H3,(H,21,22,23)/t11?,12?,15-,16-/m0/s1. The van der Waals surface area contributed by atoms with Gasteiger partial charge in [-0.05, 0) is 68.2 Å². The van der Waals surface area contributed by atoms with Crippen LogP contribution in [0.2, 0.25) is 5.28 Å². The molecule has 0 unspecified atom stereocenters. The zero-order valence-corrected chi connectivity index (χ0v) is 15.0. The number of carbonyl (C=O) groups is 1. The fourth-order valence-corrected chi connectivity index (χ4v) is 4.73. The van der Waals surface area contributed by atoms with Crippen LogP contribution in [0, 0.1) is 17.8 Å². The van der Waals surface area contributed by atoms with E-state index >= 15 is 0 Å². The third-order valence-electron chi connectivity index (χ3n) is 5.66. The number of para-hydroxylation sites is 1. The Morgan fingerprint density at radius 3 is 2.68 bits per heavy atom. The molecular weight excluding hydrogens is 338 g/mol. The van der Waals surface area contributed by atoms with Crippen molar-refractivity contribution in [2.24, 2.45) is 17.8 Å². The van der Waals surface area contributed by atoms with Crippen molar-refractivity contribution in [3.8, 4) is 0 Å². The number of hydrogen-bond acceptors (Lipinski definition) is 5. The van der Waals surface area contributed by atoms with E-state index in [1.165, 1.54) is 0 Å². The van der Waals surface area contributed by atoms with Crippen LogP contribution in [0.25, 0.3) is 10.9 Å². The molecule has 2 aromatic rings. The Bertz CT molecular complexity index is 789. The third-order valence-corrected chi connectivity index (χ3v) is 5.83. The minimum atomic E-state index is -0.111. The van der Waals surface area contributed by atoms with Crippen LogP contribution in [0.4, 0.5) is 5.82 Å². The molecule has 0 aliphatic heterocycles. The lowest BCUT2D eigenvalue weighted by atomic mass is 9.61. The Morgan fingerprint density at radius 1 is 1.20 bits per heavy atom. The fraction of sp³-hybridized carbons (Fsp3) is 0.526. The van der Waals surface area contributed by atoms with Gasteiger partial charge in [-0.25, -0.2) is 9.97 Å². The average molecular weight is 360 g/mol. The fourth-order valence-electron chi connectivity index (χ4n) is 4.55. The lowest BCUT2D eigenvalue weighted by molar-refractivity contribution is -0.154. The van der Waals surface area contributed by atoms with Gasteiger partial charge >= 0.3 is 5.97 Å². The first-order valence-electron chi connectivity index (χ1n) is 9.03. The molecule has 3 fully saturated rings. The molecular formula is C19H22ClN3O2. The molecule has 3 aliphatic rings. The molecule has 1 N–H and O–H groups in total. The van der Waals surface area contributed by atoms with E-state index in [9.17, 15) is 4.79 Å². The molecule has 0 spiro atoms. The summed E-state index contributed by atoms with van der Waals surface area (Å²) in [5, 5.41) is 4.69. The number of carbonyl (C=O) groups excluding carboxylic acids is 1. The second-order valence-corrected chi connectivity index (χ2v) is 7.32. The lowest BCUT2D eigenvalue weighted by Gasteiger charge is -2.47. The van der Waals surface area contributed by atoms with E-state index in [4.69, 9.17) is 16.3 Å². The van der Waals surface area contributed by atoms with Crippen LogP contribution in [-0.2, 0) is 9.53 Å². The summed E-state index contributed by atoms with van der Waals surface area (Å²) in [5.41, 5.74) is 0.804. The third kappa shape index (κ3) is 3.06. The van der Waals surface area contributed by atoms with Gasteiger partial charge in [0.15, 0.2) is 0 Å². The molecule has 2 atom stereocenters. The minimum absolute atomic E-state index is 0.0425. The number of nitrogens with one attached hydrogen (secondary N) is 1. The SMILES string of the molecule is CCOC(=O)[C@H]1C2CCC(CC2)[C@@H]1Nc1nc(Cl)nc2ccccc12. The maximum atomic E-state index is 12.6. The Morgan fingerprint density at radius 2 is 1.92 bits per heavy atom. The number of rotatable bonds is 4. The summed E-state index contributed by atoms with van der Waals surface area (Å²) in [5.74, 6) is 1.37. The summed E-state index contributed by atoms with van der Waals surface area (Å²) in [6.07, 6.45) is 4.51. The van der Waals surface area contributed by atoms with Crippen molar-refractivity contribution >= 4 is 34.3 Å². The number of nitrogens with zero attached hydrogens (tertiary/aromatic N) is 2. The summed E-state index contributed by atoms with van der Waals surface area (Å²) >= 11 is 6.12. The van der Waals surface area contributed by atoms with Crippen LogP contribution in [0.5, 0.6) is 0 Å². The Labute approximate surface area is 152 Å². The molecule has 3 aliphatic carbocycles. The number of halogens is 1. The normalized spacial score (nSPS) is 28.1. The number of ether oxygens (including phenoxy) is 1. The van der Waals surface area contributed by atoms with Gasteiger partial charge < -0.3 is 10.1 Å². The lowest BCUT2D eigenvalue weighted by Crippen LogP contribution is -2.52. The van der Waals surface area contributed by atoms with Crippen LogP contribution in [-0.4, -0.2) is 28.6 Å². The summed E-state index contributed by atoms with van der Waals surface area (Å²) in [6, 6.07) is 7.83. The highest BCUT2D eigenvalue weighted by Crippen LogP contribution is 2.47. The van der Waals surface area contributed by atoms with Crippen molar-refractivity contribution in [2.45, 2.75) is 38.6 Å². The summed E-state index contributed by atoms with van der Waals surface area (Å²) in [4.78, 5) is 21.3. The number of benzene rings is 1. The Kier molecular flexibility index (Phi) is 4.50. The molecule has 25 heavy (non-hydrogen) atoms. The van der Waals surface area contributed by atoms with Gasteiger partial charge in [0.1, 0.15) is 5.82 Å². The topological polar surface area (TPSA) is 64.1 Å². The highest BCUT2D eigenvalue weighted by atomic mass is 35.5. The van der Waals surface area contributed by atoms with Gasteiger partial charge in [0, 0.05) is 11.4 Å². The molecule has 1 aromatic carbocycles. The van der Waals surface area contributed by atoms with Crippen LogP contribution in [0.1, 0.15) is 32.6 Å². The Balaban J connectivity index is 1.69. The van der Waals surface area contributed by atoms with Crippen molar-refractivity contribution < 1.29 is 9.53 Å². The summed E-state index contributed by atoms with van der Waals surface area (Å²) < 4.78 is 5.38. The first-order chi connectivity index (χ1) is 12.2. The number of hydrogen-bond donors (Lipinski definition) is 1. The zero-order chi connectivity index (χ0) is 17.4. The molecule has 6 heteroatoms. The van der Waals surface area contributed by atoms with E-state index in [-0.39, 0.29) is 23.2 Å². The second-order valence-electron chi connectivity index (χ2n) is 6.98. The van der Waals surface area contributed by atoms with Crippen molar-refractivity contribution in [1.82, 2.24) is 9.97 Å². The predicted octanol–water partition coefficient (Wildman–Crippen LogP) is 4.06. The van der Waals surface area contributed by atoms with Crippen molar-refractivity contribution in [1.29, 1.82) is 0 Å². The largest absolute Gasteiger partial charge is 0.466 e. The van der Waals surface area contributed by atoms with Crippen LogP contribution >= 0.6 is 11.6 Å². The van der Waals surface area contributed by atoms with E-state index < -0.39 is 0 Å². The van der Waals surface area contributed by atoms with Gasteiger partial charge in [0.2, 0.25) is 5.28 Å². The Hall–Kier alpha value is -1.88. The minimum Gasteiger partial charge on any atom is -0.466 e. The molecule has 0 amide bonds. The number of aromatic nitrogens is 2. The molecule has 5 nitrogen and oxygen atoms in total. The monoisotopic (exact) mass is 359 g/mol. The number of anilines is 1. The van der Waals surface area contributed by atoms with Crippen molar-refractivity contribution in [3.05, 3.63) is 29.5 Å². The van der Waals surface area contributed by atoms with E-state index in [1.807, 2.05) is 31.2 Å². The van der Waals surface area contributed by atoms with E-state index in [0.717, 1.165) is 36.6 Å². The van der Waals surface area contributed by atoms with Crippen LogP contribution in [0.15, 0.2) is 24.3 Å². The first-order valence-corrected chi connectivity index (χ1v) is 9.40. The van der Waals surface area contributed by atoms with E-state index in [0.29, 0.717) is 24.3 Å². The molecule has 1 aromatic heterocycles. The highest BCUT2D eigenvalue weighted by molar-refractivity contribution is 6.28. The first kappa shape index (κ1) is 16.6. The van der Waals surface area contributed by atoms with Crippen molar-refractivity contribution in [2.75, 3.05) is 11.9 Å². The molecule has 1 heterocycles. The molecule has 2 bridgehead atoms. The molecule has 3 saturated carbocycles. The number of esters is 1. The van der Waals surface area contributed by atoms with Gasteiger partial charge in [-0.15, -0.1) is 0 Å². The second kappa shape index (κ2) is 6.79. The van der Waals surface area contributed by atoms with E-state index in [1.54, 1.807) is 0 Å². The van der Waals surface area contributed by atoms with Crippen LogP contribution in [0.3, 0.4) is 0 Å². The smallest absolute Gasteiger partial charge is 0.311 e. The molecule has 0 radical (unpaired) electrons. The van der Waals surface area contributed by atoms with Gasteiger partial charge in [-0.1, -0.05) is 12.1 Å². The van der Waals surface area contributed by atoms with Crippen LogP contribution < -0.4 is 5.32 Å². The quantitative estimate of drug-likeness (QED) is 0.658. The summed E-state index contributed by atoms with van der Waals surface area (Å²) in [7, 11) is 0. The maximum absolute atomic E-state index is 12.6. The maximum Gasteiger partial charge on any atom is 0.311 e. The van der Waals surface area contributed by atoms with Gasteiger partial charge in [-0.3, -0.25) is 4.79 Å². The molecule has 5 rings (SSSR count). The highest BCUT2D eigenvalue weighted by Gasteiger charge is 2.48. The predicted molar refractivity (Wildman–Crippen MR) is 97.5 cm³/mol. The molecule has 132 valence electrons. The van der Waals surface area contributed by atoms with Gasteiger partial charge in [0.05, 0.1) is 18.0 Å². The summed E-state index contributed by atoms with van der Waals surface area (Å²) in [6.45, 7) is 2.28. The van der Waals surface area contributed by atoms with Gasteiger partial charge in [0.25, 0.3) is 0 Å². The number of fused-ring (bicyclic) bond motifs is 4. The van der Waals surface area contributed by atoms with E-state index in [2.05, 4.69) is 15.3 Å². The average Bonchev–Trinajstić information content (AvgIpc) is 2.62.